The number of methoxy groups -OCH3 is 2. The summed E-state index contributed by atoms with van der Waals surface area (Å²) in [5.74, 6) is -1.07. The van der Waals surface area contributed by atoms with E-state index in [1.165, 1.54) is 44.6 Å². The molecule has 3 aromatic carbocycles. The van der Waals surface area contributed by atoms with E-state index in [1.807, 2.05) is 0 Å². The van der Waals surface area contributed by atoms with Gasteiger partial charge in [-0.15, -0.1) is 5.10 Å². The smallest absolute Gasteiger partial charge is 0.299 e. The molecule has 4 aromatic rings. The van der Waals surface area contributed by atoms with E-state index in [0.717, 1.165) is 17.1 Å². The summed E-state index contributed by atoms with van der Waals surface area (Å²) < 4.78 is 81.0. The molecule has 0 aliphatic rings. The highest BCUT2D eigenvalue weighted by molar-refractivity contribution is 7.89. The van der Waals surface area contributed by atoms with Crippen LogP contribution in [0.1, 0.15) is 23.4 Å². The van der Waals surface area contributed by atoms with Gasteiger partial charge < -0.3 is 14.8 Å². The molecule has 0 unspecified atom stereocenters. The quantitative estimate of drug-likeness (QED) is 0.277. The average molecular weight is 576 g/mol. The number of ether oxygens (including phenoxy) is 2. The molecule has 1 aromatic heterocycles. The number of aromatic nitrogens is 3. The van der Waals surface area contributed by atoms with Crippen molar-refractivity contribution in [3.05, 3.63) is 89.8 Å². The third-order valence-corrected chi connectivity index (χ3v) is 7.17. The number of amides is 1. The first-order chi connectivity index (χ1) is 19.1. The SMILES string of the molecule is COc1ccc(CNS(=O)(=O)c2cc(NC(=O)Cc3ccccc3F)ccc2-n2cnc(C(F)F)n2)c(OC)c1. The molecule has 0 atom stereocenters. The number of hydrogen-bond donors (Lipinski definition) is 2. The van der Waals surface area contributed by atoms with Gasteiger partial charge in [-0.1, -0.05) is 24.3 Å². The number of nitrogens with zero attached hydrogens (tertiary/aromatic N) is 3. The maximum Gasteiger partial charge on any atom is 0.299 e. The van der Waals surface area contributed by atoms with Crippen LogP contribution in [0.15, 0.2) is 71.9 Å². The van der Waals surface area contributed by atoms with Crippen LogP contribution in [0, 0.1) is 5.82 Å². The molecule has 0 spiro atoms. The minimum Gasteiger partial charge on any atom is -0.497 e. The molecular formula is C26H24F3N5O5S. The highest BCUT2D eigenvalue weighted by atomic mass is 32.2. The van der Waals surface area contributed by atoms with Crippen LogP contribution >= 0.6 is 0 Å². The minimum atomic E-state index is -4.34. The van der Waals surface area contributed by atoms with Crippen molar-refractivity contribution in [2.75, 3.05) is 19.5 Å². The van der Waals surface area contributed by atoms with Crippen molar-refractivity contribution >= 4 is 21.6 Å². The van der Waals surface area contributed by atoms with Crippen molar-refractivity contribution in [1.29, 1.82) is 0 Å². The second-order valence-corrected chi connectivity index (χ2v) is 10.1. The van der Waals surface area contributed by atoms with Gasteiger partial charge in [0.1, 0.15) is 28.5 Å². The monoisotopic (exact) mass is 575 g/mol. The largest absolute Gasteiger partial charge is 0.497 e. The summed E-state index contributed by atoms with van der Waals surface area (Å²) in [5, 5.41) is 6.22. The number of hydrogen-bond acceptors (Lipinski definition) is 7. The highest BCUT2D eigenvalue weighted by Crippen LogP contribution is 2.28. The second-order valence-electron chi connectivity index (χ2n) is 8.35. The number of rotatable bonds is 11. The molecule has 0 fully saturated rings. The van der Waals surface area contributed by atoms with E-state index in [4.69, 9.17) is 9.47 Å². The molecule has 0 saturated heterocycles. The average Bonchev–Trinajstić information content (AvgIpc) is 3.44. The Morgan fingerprint density at radius 3 is 2.48 bits per heavy atom. The highest BCUT2D eigenvalue weighted by Gasteiger charge is 2.24. The van der Waals surface area contributed by atoms with Crippen LogP contribution in [0.25, 0.3) is 5.69 Å². The fourth-order valence-corrected chi connectivity index (χ4v) is 4.98. The molecule has 0 aliphatic heterocycles. The van der Waals surface area contributed by atoms with Crippen LogP contribution in [-0.4, -0.2) is 43.3 Å². The van der Waals surface area contributed by atoms with Crippen LogP contribution in [0.3, 0.4) is 0 Å². The Morgan fingerprint density at radius 1 is 1.02 bits per heavy atom. The third kappa shape index (κ3) is 6.58. The molecule has 1 heterocycles. The number of anilines is 1. The predicted molar refractivity (Wildman–Crippen MR) is 139 cm³/mol. The van der Waals surface area contributed by atoms with Crippen molar-refractivity contribution < 1.29 is 35.9 Å². The summed E-state index contributed by atoms with van der Waals surface area (Å²) in [6, 6.07) is 14.4. The number of benzene rings is 3. The van der Waals surface area contributed by atoms with E-state index >= 15 is 0 Å². The van der Waals surface area contributed by atoms with Gasteiger partial charge in [-0.25, -0.2) is 36.0 Å². The summed E-state index contributed by atoms with van der Waals surface area (Å²) in [6.07, 6.45) is -2.31. The fraction of sp³-hybridized carbons (Fsp3) is 0.192. The maximum absolute atomic E-state index is 14.0. The van der Waals surface area contributed by atoms with Crippen LogP contribution in [0.5, 0.6) is 11.5 Å². The zero-order chi connectivity index (χ0) is 28.9. The molecule has 0 aliphatic carbocycles. The molecule has 210 valence electrons. The van der Waals surface area contributed by atoms with Gasteiger partial charge in [0.2, 0.25) is 21.8 Å². The van der Waals surface area contributed by atoms with Gasteiger partial charge in [-0.2, -0.15) is 0 Å². The molecule has 40 heavy (non-hydrogen) atoms. The standard InChI is InChI=1S/C26H24F3N5O5S/c1-38-19-9-7-17(22(13-19)39-2)14-31-40(36,37)23-12-18(32-24(35)11-16-5-3-4-6-20(16)27)8-10-21(23)34-15-30-26(33-34)25(28)29/h3-10,12-13,15,25,31H,11,14H2,1-2H3,(H,32,35). The first kappa shape index (κ1) is 28.6. The van der Waals surface area contributed by atoms with E-state index in [2.05, 4.69) is 20.1 Å². The van der Waals surface area contributed by atoms with Crippen molar-refractivity contribution in [3.63, 3.8) is 0 Å². The zero-order valence-electron chi connectivity index (χ0n) is 21.3. The van der Waals surface area contributed by atoms with E-state index in [1.54, 1.807) is 24.3 Å². The van der Waals surface area contributed by atoms with Gasteiger partial charge in [0.05, 0.1) is 26.3 Å². The predicted octanol–water partition coefficient (Wildman–Crippen LogP) is 4.02. The van der Waals surface area contributed by atoms with Crippen molar-refractivity contribution in [2.24, 2.45) is 0 Å². The van der Waals surface area contributed by atoms with E-state index < -0.39 is 34.0 Å². The van der Waals surface area contributed by atoms with Crippen LogP contribution < -0.4 is 19.5 Å². The summed E-state index contributed by atoms with van der Waals surface area (Å²) in [4.78, 5) is 15.7. The Labute approximate surface area is 227 Å². The Kier molecular flexibility index (Phi) is 8.70. The van der Waals surface area contributed by atoms with E-state index in [-0.39, 0.29) is 34.8 Å². The van der Waals surface area contributed by atoms with Gasteiger partial charge in [0, 0.05) is 23.9 Å². The van der Waals surface area contributed by atoms with Crippen LogP contribution in [-0.2, 0) is 27.8 Å². The number of alkyl halides is 2. The number of carbonyl (C=O) groups is 1. The summed E-state index contributed by atoms with van der Waals surface area (Å²) in [5.41, 5.74) is 0.618. The van der Waals surface area contributed by atoms with Crippen molar-refractivity contribution in [3.8, 4) is 17.2 Å². The first-order valence-corrected chi connectivity index (χ1v) is 13.2. The Balaban J connectivity index is 1.66. The summed E-state index contributed by atoms with van der Waals surface area (Å²) >= 11 is 0. The number of halogens is 3. The van der Waals surface area contributed by atoms with Crippen LogP contribution in [0.2, 0.25) is 0 Å². The van der Waals surface area contributed by atoms with Crippen LogP contribution in [0.4, 0.5) is 18.9 Å². The molecule has 10 nitrogen and oxygen atoms in total. The molecular weight excluding hydrogens is 551 g/mol. The topological polar surface area (TPSA) is 124 Å². The van der Waals surface area contributed by atoms with E-state index in [9.17, 15) is 26.4 Å². The molecule has 14 heteroatoms. The Morgan fingerprint density at radius 2 is 1.80 bits per heavy atom. The van der Waals surface area contributed by atoms with Gasteiger partial charge in [-0.05, 0) is 35.9 Å². The normalized spacial score (nSPS) is 11.4. The zero-order valence-corrected chi connectivity index (χ0v) is 22.1. The first-order valence-electron chi connectivity index (χ1n) is 11.7. The van der Waals surface area contributed by atoms with Gasteiger partial charge in [-0.3, -0.25) is 4.79 Å². The van der Waals surface area contributed by atoms with Gasteiger partial charge in [0.15, 0.2) is 0 Å². The van der Waals surface area contributed by atoms with Gasteiger partial charge >= 0.3 is 0 Å². The lowest BCUT2D eigenvalue weighted by atomic mass is 10.1. The second kappa shape index (κ2) is 12.2. The number of nitrogens with one attached hydrogen (secondary N) is 2. The van der Waals surface area contributed by atoms with Crippen molar-refractivity contribution in [1.82, 2.24) is 19.5 Å². The molecule has 1 amide bonds. The molecule has 0 radical (unpaired) electrons. The minimum absolute atomic E-state index is 0.0710. The lowest BCUT2D eigenvalue weighted by Gasteiger charge is -2.15. The lowest BCUT2D eigenvalue weighted by molar-refractivity contribution is -0.115. The molecule has 0 saturated carbocycles. The Hall–Kier alpha value is -4.43. The van der Waals surface area contributed by atoms with E-state index in [0.29, 0.717) is 17.1 Å². The molecule has 4 rings (SSSR count). The third-order valence-electron chi connectivity index (χ3n) is 5.74. The summed E-state index contributed by atoms with van der Waals surface area (Å²) in [7, 11) is -1.44. The molecule has 2 N–H and O–H groups in total. The lowest BCUT2D eigenvalue weighted by Crippen LogP contribution is -2.25. The Bertz CT molecular complexity index is 1630. The number of sulfonamides is 1. The fourth-order valence-electron chi connectivity index (χ4n) is 3.76. The maximum atomic E-state index is 14.0. The summed E-state index contributed by atoms with van der Waals surface area (Å²) in [6.45, 7) is -0.196. The molecule has 0 bridgehead atoms. The number of carbonyl (C=O) groups excluding carboxylic acids is 1. The van der Waals surface area contributed by atoms with Crippen molar-refractivity contribution in [2.45, 2.75) is 24.3 Å². The van der Waals surface area contributed by atoms with Gasteiger partial charge in [0.25, 0.3) is 6.43 Å².